The Bertz CT molecular complexity index is 545. The summed E-state index contributed by atoms with van der Waals surface area (Å²) in [5, 5.41) is 8.46. The molecule has 0 atom stereocenters. The number of carboxylic acids is 1. The lowest BCUT2D eigenvalue weighted by atomic mass is 10.0. The molecule has 0 aromatic carbocycles. The number of hydrogen-bond donors (Lipinski definition) is 1. The van der Waals surface area contributed by atoms with E-state index < -0.39 is 16.0 Å². The Morgan fingerprint density at radius 1 is 1.30 bits per heavy atom. The lowest BCUT2D eigenvalue weighted by Gasteiger charge is -2.23. The van der Waals surface area contributed by atoms with Gasteiger partial charge in [0.15, 0.2) is 0 Å². The molecule has 20 heavy (non-hydrogen) atoms. The molecule has 0 amide bonds. The highest BCUT2D eigenvalue weighted by molar-refractivity contribution is 7.89. The van der Waals surface area contributed by atoms with Crippen LogP contribution in [0.3, 0.4) is 0 Å². The van der Waals surface area contributed by atoms with Gasteiger partial charge < -0.3 is 9.52 Å². The number of rotatable bonds is 8. The Labute approximate surface area is 119 Å². The van der Waals surface area contributed by atoms with Gasteiger partial charge in [-0.25, -0.2) is 13.2 Å². The van der Waals surface area contributed by atoms with Crippen LogP contribution in [0.2, 0.25) is 0 Å². The Morgan fingerprint density at radius 2 is 1.90 bits per heavy atom. The van der Waals surface area contributed by atoms with E-state index in [0.717, 1.165) is 18.9 Å². The summed E-state index contributed by atoms with van der Waals surface area (Å²) < 4.78 is 31.1. The van der Waals surface area contributed by atoms with Gasteiger partial charge in [-0.15, -0.1) is 0 Å². The van der Waals surface area contributed by atoms with Crippen LogP contribution in [0.5, 0.6) is 0 Å². The fourth-order valence-electron chi connectivity index (χ4n) is 1.93. The van der Waals surface area contributed by atoms with Gasteiger partial charge in [0.05, 0.1) is 0 Å². The first-order valence-corrected chi connectivity index (χ1v) is 8.14. The van der Waals surface area contributed by atoms with Gasteiger partial charge in [0.2, 0.25) is 10.9 Å². The van der Waals surface area contributed by atoms with Crippen LogP contribution in [0.1, 0.15) is 44.2 Å². The molecule has 0 bridgehead atoms. The fourth-order valence-corrected chi connectivity index (χ4v) is 3.37. The highest BCUT2D eigenvalue weighted by Crippen LogP contribution is 2.21. The maximum Gasteiger partial charge on any atom is 0.371 e. The normalized spacial score (nSPS) is 12.2. The Kier molecular flexibility index (Phi) is 5.76. The van der Waals surface area contributed by atoms with Crippen LogP contribution in [0.25, 0.3) is 0 Å². The molecule has 0 aliphatic carbocycles. The largest absolute Gasteiger partial charge is 0.475 e. The highest BCUT2D eigenvalue weighted by atomic mass is 32.2. The molecule has 0 radical (unpaired) electrons. The number of carboxylic acid groups (broad SMARTS) is 1. The van der Waals surface area contributed by atoms with Crippen LogP contribution >= 0.6 is 0 Å². The van der Waals surface area contributed by atoms with Crippen molar-refractivity contribution in [2.24, 2.45) is 5.92 Å². The Balaban J connectivity index is 3.01. The van der Waals surface area contributed by atoms with Gasteiger partial charge >= 0.3 is 5.97 Å². The second kappa shape index (κ2) is 6.90. The number of carbonyl (C=O) groups is 1. The quantitative estimate of drug-likeness (QED) is 0.796. The number of sulfonamides is 1. The zero-order chi connectivity index (χ0) is 15.3. The van der Waals surface area contributed by atoms with E-state index in [4.69, 9.17) is 9.52 Å². The van der Waals surface area contributed by atoms with E-state index in [2.05, 4.69) is 0 Å². The first kappa shape index (κ1) is 16.7. The topological polar surface area (TPSA) is 87.8 Å². The second-order valence-electron chi connectivity index (χ2n) is 4.56. The monoisotopic (exact) mass is 303 g/mol. The molecule has 0 saturated heterocycles. The molecule has 1 N–H and O–H groups in total. The first-order valence-electron chi connectivity index (χ1n) is 6.70. The molecule has 1 aromatic heterocycles. The van der Waals surface area contributed by atoms with E-state index in [-0.39, 0.29) is 16.8 Å². The Morgan fingerprint density at radius 3 is 2.30 bits per heavy atom. The van der Waals surface area contributed by atoms with E-state index in [1.165, 1.54) is 10.4 Å². The van der Waals surface area contributed by atoms with Crippen molar-refractivity contribution >= 4 is 16.0 Å². The van der Waals surface area contributed by atoms with Gasteiger partial charge in [0, 0.05) is 13.1 Å². The van der Waals surface area contributed by atoms with E-state index in [1.54, 1.807) is 6.92 Å². The second-order valence-corrected chi connectivity index (χ2v) is 6.43. The first-order chi connectivity index (χ1) is 9.36. The van der Waals surface area contributed by atoms with Crippen molar-refractivity contribution in [3.8, 4) is 0 Å². The predicted molar refractivity (Wildman–Crippen MR) is 74.2 cm³/mol. The molecule has 6 nitrogen and oxygen atoms in total. The molecule has 0 aliphatic rings. The van der Waals surface area contributed by atoms with Crippen molar-refractivity contribution in [2.75, 3.05) is 13.1 Å². The van der Waals surface area contributed by atoms with E-state index in [1.807, 2.05) is 13.8 Å². The summed E-state index contributed by atoms with van der Waals surface area (Å²) in [7, 11) is -3.78. The third-order valence-electron chi connectivity index (χ3n) is 3.36. The zero-order valence-corrected chi connectivity index (χ0v) is 12.8. The van der Waals surface area contributed by atoms with Gasteiger partial charge in [-0.1, -0.05) is 33.6 Å². The van der Waals surface area contributed by atoms with Crippen LogP contribution in [-0.2, 0) is 10.0 Å². The SMILES string of the molecule is CCC(CC)CN(CC)S(=O)(=O)c1ccc(C(=O)O)o1. The molecule has 7 heteroatoms. The summed E-state index contributed by atoms with van der Waals surface area (Å²) >= 11 is 0. The smallest absolute Gasteiger partial charge is 0.371 e. The van der Waals surface area contributed by atoms with Crippen molar-refractivity contribution in [3.05, 3.63) is 17.9 Å². The Hall–Kier alpha value is -1.34. The van der Waals surface area contributed by atoms with Gasteiger partial charge in [-0.05, 0) is 18.1 Å². The molecular weight excluding hydrogens is 282 g/mol. The number of aromatic carboxylic acids is 1. The van der Waals surface area contributed by atoms with E-state index >= 15 is 0 Å². The third-order valence-corrected chi connectivity index (χ3v) is 5.17. The average Bonchev–Trinajstić information content (AvgIpc) is 2.90. The van der Waals surface area contributed by atoms with Crippen molar-refractivity contribution in [3.63, 3.8) is 0 Å². The molecule has 1 rings (SSSR count). The van der Waals surface area contributed by atoms with Crippen molar-refractivity contribution in [1.29, 1.82) is 0 Å². The minimum Gasteiger partial charge on any atom is -0.475 e. The summed E-state index contributed by atoms with van der Waals surface area (Å²) in [4.78, 5) is 10.7. The zero-order valence-electron chi connectivity index (χ0n) is 12.0. The summed E-state index contributed by atoms with van der Waals surface area (Å²) in [6, 6.07) is 2.34. The summed E-state index contributed by atoms with van der Waals surface area (Å²) in [6.07, 6.45) is 1.78. The van der Waals surface area contributed by atoms with Gasteiger partial charge in [-0.2, -0.15) is 4.31 Å². The molecular formula is C13H21NO5S. The molecule has 0 saturated carbocycles. The minimum absolute atomic E-state index is 0.277. The van der Waals surface area contributed by atoms with E-state index in [0.29, 0.717) is 13.1 Å². The maximum atomic E-state index is 12.4. The van der Waals surface area contributed by atoms with Crippen LogP contribution in [0.15, 0.2) is 21.6 Å². The van der Waals surface area contributed by atoms with Crippen LogP contribution in [0.4, 0.5) is 0 Å². The summed E-state index contributed by atoms with van der Waals surface area (Å²) in [5.74, 6) is -1.38. The third kappa shape index (κ3) is 3.61. The van der Waals surface area contributed by atoms with Crippen LogP contribution in [0, 0.1) is 5.92 Å². The van der Waals surface area contributed by atoms with Crippen LogP contribution in [-0.4, -0.2) is 36.9 Å². The van der Waals surface area contributed by atoms with Gasteiger partial charge in [-0.3, -0.25) is 0 Å². The van der Waals surface area contributed by atoms with Gasteiger partial charge in [0.25, 0.3) is 10.0 Å². The predicted octanol–water partition coefficient (Wildman–Crippen LogP) is 2.42. The molecule has 0 fully saturated rings. The average molecular weight is 303 g/mol. The summed E-state index contributed by atoms with van der Waals surface area (Å²) in [6.45, 7) is 6.52. The minimum atomic E-state index is -3.78. The van der Waals surface area contributed by atoms with E-state index in [9.17, 15) is 13.2 Å². The maximum absolute atomic E-state index is 12.4. The molecule has 1 heterocycles. The van der Waals surface area contributed by atoms with Crippen molar-refractivity contribution < 1.29 is 22.7 Å². The molecule has 1 aromatic rings. The fraction of sp³-hybridized carbons (Fsp3) is 0.615. The number of nitrogens with zero attached hydrogens (tertiary/aromatic N) is 1. The highest BCUT2D eigenvalue weighted by Gasteiger charge is 2.28. The number of hydrogen-bond acceptors (Lipinski definition) is 4. The lowest BCUT2D eigenvalue weighted by molar-refractivity contribution is 0.0656. The van der Waals surface area contributed by atoms with Crippen molar-refractivity contribution in [1.82, 2.24) is 4.31 Å². The van der Waals surface area contributed by atoms with Gasteiger partial charge in [0.1, 0.15) is 0 Å². The number of furan rings is 1. The molecule has 0 aliphatic heterocycles. The van der Waals surface area contributed by atoms with Crippen LogP contribution < -0.4 is 0 Å². The molecule has 0 spiro atoms. The van der Waals surface area contributed by atoms with Crippen molar-refractivity contribution in [2.45, 2.75) is 38.7 Å². The molecule has 114 valence electrons. The summed E-state index contributed by atoms with van der Waals surface area (Å²) in [5.41, 5.74) is 0. The molecule has 0 unspecified atom stereocenters. The lowest BCUT2D eigenvalue weighted by Crippen LogP contribution is -2.34. The standard InChI is InChI=1S/C13H21NO5S/c1-4-10(5-2)9-14(6-3)20(17,18)12-8-7-11(19-12)13(15)16/h7-8,10H,4-6,9H2,1-3H3,(H,15,16).